The molecular formula is C12H17F3N2O. The lowest BCUT2D eigenvalue weighted by Crippen LogP contribution is -2.24. The number of phenolic OH excluding ortho intramolecular Hbond substituents is 1. The van der Waals surface area contributed by atoms with E-state index >= 15 is 0 Å². The Morgan fingerprint density at radius 2 is 2.00 bits per heavy atom. The van der Waals surface area contributed by atoms with E-state index in [-0.39, 0.29) is 18.3 Å². The molecule has 18 heavy (non-hydrogen) atoms. The van der Waals surface area contributed by atoms with Crippen molar-refractivity contribution in [2.75, 3.05) is 18.5 Å². The standard InChI is InChI=1S/C12H17F3N2O/c1-8(16)10-4-3-9(7-11(10)18)17(2)6-5-12(13,14)15/h3-4,7-8,18H,5-6,16H2,1-2H3. The first-order valence-electron chi connectivity index (χ1n) is 5.57. The van der Waals surface area contributed by atoms with Gasteiger partial charge < -0.3 is 15.7 Å². The summed E-state index contributed by atoms with van der Waals surface area (Å²) >= 11 is 0. The number of hydrogen-bond acceptors (Lipinski definition) is 3. The summed E-state index contributed by atoms with van der Waals surface area (Å²) in [4.78, 5) is 1.44. The number of rotatable bonds is 4. The van der Waals surface area contributed by atoms with Crippen LogP contribution in [-0.4, -0.2) is 24.9 Å². The molecule has 0 saturated carbocycles. The highest BCUT2D eigenvalue weighted by atomic mass is 19.4. The molecule has 0 fully saturated rings. The van der Waals surface area contributed by atoms with Gasteiger partial charge in [-0.3, -0.25) is 0 Å². The zero-order valence-corrected chi connectivity index (χ0v) is 10.3. The molecule has 0 saturated heterocycles. The Balaban J connectivity index is 2.75. The highest BCUT2D eigenvalue weighted by Gasteiger charge is 2.27. The molecule has 0 spiro atoms. The number of hydrogen-bond donors (Lipinski definition) is 2. The first-order chi connectivity index (χ1) is 8.20. The van der Waals surface area contributed by atoms with E-state index in [0.29, 0.717) is 11.3 Å². The Bertz CT molecular complexity index is 405. The third-order valence-electron chi connectivity index (χ3n) is 2.68. The van der Waals surface area contributed by atoms with Crippen molar-refractivity contribution in [1.29, 1.82) is 0 Å². The van der Waals surface area contributed by atoms with Crippen molar-refractivity contribution in [2.24, 2.45) is 5.73 Å². The second-order valence-electron chi connectivity index (χ2n) is 4.32. The van der Waals surface area contributed by atoms with Crippen LogP contribution in [0, 0.1) is 0 Å². The monoisotopic (exact) mass is 262 g/mol. The third-order valence-corrected chi connectivity index (χ3v) is 2.68. The lowest BCUT2D eigenvalue weighted by molar-refractivity contribution is -0.132. The van der Waals surface area contributed by atoms with Crippen LogP contribution < -0.4 is 10.6 Å². The van der Waals surface area contributed by atoms with Gasteiger partial charge in [0, 0.05) is 37.0 Å². The predicted molar refractivity (Wildman–Crippen MR) is 64.7 cm³/mol. The Labute approximate surface area is 104 Å². The molecule has 1 atom stereocenters. The molecule has 1 aromatic carbocycles. The minimum atomic E-state index is -4.18. The largest absolute Gasteiger partial charge is 0.508 e. The number of phenols is 1. The van der Waals surface area contributed by atoms with Crippen molar-refractivity contribution in [3.8, 4) is 5.75 Å². The van der Waals surface area contributed by atoms with Gasteiger partial charge in [-0.1, -0.05) is 6.07 Å². The van der Waals surface area contributed by atoms with Crippen LogP contribution >= 0.6 is 0 Å². The fourth-order valence-corrected chi connectivity index (χ4v) is 1.58. The average molecular weight is 262 g/mol. The Morgan fingerprint density at radius 1 is 1.39 bits per heavy atom. The van der Waals surface area contributed by atoms with Gasteiger partial charge in [-0.2, -0.15) is 13.2 Å². The summed E-state index contributed by atoms with van der Waals surface area (Å²) in [7, 11) is 1.55. The number of benzene rings is 1. The summed E-state index contributed by atoms with van der Waals surface area (Å²) in [5.74, 6) is 0.00126. The average Bonchev–Trinajstić information content (AvgIpc) is 2.24. The molecule has 0 aliphatic rings. The zero-order valence-electron chi connectivity index (χ0n) is 10.3. The fraction of sp³-hybridized carbons (Fsp3) is 0.500. The number of alkyl halides is 3. The van der Waals surface area contributed by atoms with Gasteiger partial charge in [0.25, 0.3) is 0 Å². The first-order valence-corrected chi connectivity index (χ1v) is 5.57. The molecule has 0 amide bonds. The van der Waals surface area contributed by atoms with Crippen LogP contribution in [0.1, 0.15) is 24.9 Å². The summed E-state index contributed by atoms with van der Waals surface area (Å²) < 4.78 is 36.3. The van der Waals surface area contributed by atoms with Gasteiger partial charge in [0.15, 0.2) is 0 Å². The first kappa shape index (κ1) is 14.6. The van der Waals surface area contributed by atoms with Gasteiger partial charge in [0.2, 0.25) is 0 Å². The van der Waals surface area contributed by atoms with E-state index in [9.17, 15) is 18.3 Å². The number of nitrogens with two attached hydrogens (primary N) is 1. The van der Waals surface area contributed by atoms with E-state index < -0.39 is 12.6 Å². The third kappa shape index (κ3) is 4.10. The van der Waals surface area contributed by atoms with E-state index in [1.165, 1.54) is 11.0 Å². The molecule has 0 aromatic heterocycles. The summed E-state index contributed by atoms with van der Waals surface area (Å²) in [6, 6.07) is 4.38. The Hall–Kier alpha value is -1.43. The zero-order chi connectivity index (χ0) is 13.9. The Kier molecular flexibility index (Phi) is 4.45. The number of anilines is 1. The minimum Gasteiger partial charge on any atom is -0.508 e. The number of nitrogens with zero attached hydrogens (tertiary/aromatic N) is 1. The van der Waals surface area contributed by atoms with Crippen LogP contribution in [0.3, 0.4) is 0 Å². The molecule has 6 heteroatoms. The van der Waals surface area contributed by atoms with Crippen molar-refractivity contribution in [1.82, 2.24) is 0 Å². The molecule has 0 aliphatic heterocycles. The van der Waals surface area contributed by atoms with Crippen molar-refractivity contribution >= 4 is 5.69 Å². The van der Waals surface area contributed by atoms with Crippen molar-refractivity contribution in [3.05, 3.63) is 23.8 Å². The van der Waals surface area contributed by atoms with Gasteiger partial charge in [0.05, 0.1) is 6.42 Å². The van der Waals surface area contributed by atoms with Crippen molar-refractivity contribution in [2.45, 2.75) is 25.6 Å². The maximum atomic E-state index is 12.1. The smallest absolute Gasteiger partial charge is 0.390 e. The minimum absolute atomic E-state index is 0.00126. The lowest BCUT2D eigenvalue weighted by Gasteiger charge is -2.21. The van der Waals surface area contributed by atoms with E-state index in [1.54, 1.807) is 26.1 Å². The van der Waals surface area contributed by atoms with Gasteiger partial charge in [-0.25, -0.2) is 0 Å². The Morgan fingerprint density at radius 3 is 2.44 bits per heavy atom. The number of aromatic hydroxyl groups is 1. The molecule has 0 bridgehead atoms. The van der Waals surface area contributed by atoms with Crippen LogP contribution in [0.25, 0.3) is 0 Å². The highest BCUT2D eigenvalue weighted by Crippen LogP contribution is 2.28. The second kappa shape index (κ2) is 5.48. The molecule has 0 heterocycles. The van der Waals surface area contributed by atoms with Gasteiger partial charge in [0.1, 0.15) is 5.75 Å². The predicted octanol–water partition coefficient (Wildman–Crippen LogP) is 2.80. The molecule has 0 aliphatic carbocycles. The summed E-state index contributed by atoms with van der Waals surface area (Å²) in [6.07, 6.45) is -5.07. The fourth-order valence-electron chi connectivity index (χ4n) is 1.58. The molecule has 102 valence electrons. The second-order valence-corrected chi connectivity index (χ2v) is 4.32. The molecule has 1 aromatic rings. The van der Waals surface area contributed by atoms with Gasteiger partial charge in [-0.05, 0) is 13.0 Å². The molecule has 0 radical (unpaired) electrons. The normalized spacial score (nSPS) is 13.4. The SMILES string of the molecule is CC(N)c1ccc(N(C)CCC(F)(F)F)cc1O. The van der Waals surface area contributed by atoms with E-state index in [1.807, 2.05) is 0 Å². The molecule has 1 rings (SSSR count). The molecular weight excluding hydrogens is 245 g/mol. The lowest BCUT2D eigenvalue weighted by atomic mass is 10.1. The molecule has 3 nitrogen and oxygen atoms in total. The van der Waals surface area contributed by atoms with Crippen LogP contribution in [0.15, 0.2) is 18.2 Å². The van der Waals surface area contributed by atoms with Gasteiger partial charge >= 0.3 is 6.18 Å². The maximum absolute atomic E-state index is 12.1. The van der Waals surface area contributed by atoms with Crippen LogP contribution in [0.5, 0.6) is 5.75 Å². The van der Waals surface area contributed by atoms with E-state index in [2.05, 4.69) is 0 Å². The summed E-state index contributed by atoms with van der Waals surface area (Å²) in [5.41, 5.74) is 6.74. The maximum Gasteiger partial charge on any atom is 0.390 e. The summed E-state index contributed by atoms with van der Waals surface area (Å²) in [6.45, 7) is 1.57. The van der Waals surface area contributed by atoms with Crippen molar-refractivity contribution < 1.29 is 18.3 Å². The topological polar surface area (TPSA) is 49.5 Å². The molecule has 3 N–H and O–H groups in total. The quantitative estimate of drug-likeness (QED) is 0.877. The van der Waals surface area contributed by atoms with Crippen LogP contribution in [-0.2, 0) is 0 Å². The van der Waals surface area contributed by atoms with Crippen molar-refractivity contribution in [3.63, 3.8) is 0 Å². The number of halogens is 3. The molecule has 1 unspecified atom stereocenters. The van der Waals surface area contributed by atoms with Crippen LogP contribution in [0.2, 0.25) is 0 Å². The van der Waals surface area contributed by atoms with Gasteiger partial charge in [-0.15, -0.1) is 0 Å². The van der Waals surface area contributed by atoms with E-state index in [4.69, 9.17) is 5.73 Å². The van der Waals surface area contributed by atoms with E-state index in [0.717, 1.165) is 0 Å². The summed E-state index contributed by atoms with van der Waals surface area (Å²) in [5, 5.41) is 9.71. The highest BCUT2D eigenvalue weighted by molar-refractivity contribution is 5.53. The van der Waals surface area contributed by atoms with Crippen LogP contribution in [0.4, 0.5) is 18.9 Å².